The predicted molar refractivity (Wildman–Crippen MR) is 85.3 cm³/mol. The number of fused-ring (bicyclic) bond motifs is 5. The normalized spacial score (nSPS) is 18.7. The Hall–Kier alpha value is -2.66. The van der Waals surface area contributed by atoms with Gasteiger partial charge in [0.15, 0.2) is 0 Å². The van der Waals surface area contributed by atoms with Gasteiger partial charge in [-0.25, -0.2) is 0 Å². The molecule has 0 N–H and O–H groups in total. The highest BCUT2D eigenvalue weighted by molar-refractivity contribution is 6.16. The largest absolute Gasteiger partial charge is 0.383 e. The average molecular weight is 308 g/mol. The summed E-state index contributed by atoms with van der Waals surface area (Å²) in [5, 5.41) is 0. The van der Waals surface area contributed by atoms with Crippen LogP contribution < -0.4 is 4.90 Å². The van der Waals surface area contributed by atoms with Crippen molar-refractivity contribution in [3.63, 3.8) is 0 Å². The van der Waals surface area contributed by atoms with Crippen LogP contribution in [0, 0.1) is 0 Å². The Labute approximate surface area is 134 Å². The highest BCUT2D eigenvalue weighted by Gasteiger charge is 2.47. The first-order chi connectivity index (χ1) is 11.2. The van der Waals surface area contributed by atoms with Gasteiger partial charge < -0.3 is 9.64 Å². The van der Waals surface area contributed by atoms with Crippen LogP contribution in [0.1, 0.15) is 32.4 Å². The van der Waals surface area contributed by atoms with E-state index in [-0.39, 0.29) is 11.8 Å². The third-order valence-corrected chi connectivity index (χ3v) is 4.42. The van der Waals surface area contributed by atoms with E-state index in [1.54, 1.807) is 23.0 Å². The minimum absolute atomic E-state index is 0.0621. The van der Waals surface area contributed by atoms with Gasteiger partial charge in [0.05, 0.1) is 17.9 Å². The van der Waals surface area contributed by atoms with E-state index in [4.69, 9.17) is 4.74 Å². The van der Waals surface area contributed by atoms with Crippen molar-refractivity contribution in [1.29, 1.82) is 0 Å². The molecule has 2 aromatic rings. The Morgan fingerprint density at radius 2 is 1.65 bits per heavy atom. The van der Waals surface area contributed by atoms with Crippen LogP contribution in [-0.4, -0.2) is 37.0 Å². The lowest BCUT2D eigenvalue weighted by molar-refractivity contribution is 0.0572. The SMILES string of the molecule is COCCN1C(=O)c2ccccc2N2C(=O)c3ccccc3[C@H]12. The number of hydrogen-bond acceptors (Lipinski definition) is 3. The van der Waals surface area contributed by atoms with Gasteiger partial charge in [0.25, 0.3) is 11.8 Å². The van der Waals surface area contributed by atoms with Gasteiger partial charge >= 0.3 is 0 Å². The fourth-order valence-corrected chi connectivity index (χ4v) is 3.39. The van der Waals surface area contributed by atoms with E-state index in [9.17, 15) is 9.59 Å². The number of carbonyl (C=O) groups is 2. The fraction of sp³-hybridized carbons (Fsp3) is 0.222. The zero-order chi connectivity index (χ0) is 16.0. The van der Waals surface area contributed by atoms with Crippen LogP contribution in [0.4, 0.5) is 5.69 Å². The van der Waals surface area contributed by atoms with Gasteiger partial charge in [-0.2, -0.15) is 0 Å². The molecule has 2 heterocycles. The summed E-state index contributed by atoms with van der Waals surface area (Å²) >= 11 is 0. The molecule has 2 aliphatic rings. The van der Waals surface area contributed by atoms with E-state index in [1.807, 2.05) is 42.5 Å². The minimum Gasteiger partial charge on any atom is -0.383 e. The van der Waals surface area contributed by atoms with E-state index in [2.05, 4.69) is 0 Å². The first kappa shape index (κ1) is 14.0. The third kappa shape index (κ3) is 1.90. The van der Waals surface area contributed by atoms with Crippen molar-refractivity contribution in [3.8, 4) is 0 Å². The molecule has 0 aliphatic carbocycles. The first-order valence-electron chi connectivity index (χ1n) is 7.55. The van der Waals surface area contributed by atoms with Crippen LogP contribution in [0.3, 0.4) is 0 Å². The maximum atomic E-state index is 12.9. The van der Waals surface area contributed by atoms with Crippen LogP contribution in [0.15, 0.2) is 48.5 Å². The van der Waals surface area contributed by atoms with Gasteiger partial charge in [0, 0.05) is 24.8 Å². The van der Waals surface area contributed by atoms with Crippen molar-refractivity contribution in [2.24, 2.45) is 0 Å². The summed E-state index contributed by atoms with van der Waals surface area (Å²) < 4.78 is 5.15. The topological polar surface area (TPSA) is 49.9 Å². The van der Waals surface area contributed by atoms with E-state index in [1.165, 1.54) is 0 Å². The second kappa shape index (κ2) is 5.21. The highest BCUT2D eigenvalue weighted by atomic mass is 16.5. The van der Waals surface area contributed by atoms with Crippen molar-refractivity contribution in [2.75, 3.05) is 25.2 Å². The number of methoxy groups -OCH3 is 1. The zero-order valence-electron chi connectivity index (χ0n) is 12.7. The molecule has 0 saturated carbocycles. The van der Waals surface area contributed by atoms with Crippen LogP contribution in [-0.2, 0) is 4.74 Å². The number of anilines is 1. The van der Waals surface area contributed by atoms with Gasteiger partial charge in [-0.3, -0.25) is 14.5 Å². The zero-order valence-corrected chi connectivity index (χ0v) is 12.7. The maximum absolute atomic E-state index is 12.9. The molecule has 2 aromatic carbocycles. The Bertz CT molecular complexity index is 802. The highest BCUT2D eigenvalue weighted by Crippen LogP contribution is 2.44. The van der Waals surface area contributed by atoms with E-state index < -0.39 is 6.17 Å². The van der Waals surface area contributed by atoms with Crippen molar-refractivity contribution in [1.82, 2.24) is 4.90 Å². The summed E-state index contributed by atoms with van der Waals surface area (Å²) in [4.78, 5) is 29.2. The molecule has 0 radical (unpaired) electrons. The standard InChI is InChI=1S/C18H16N2O3/c1-23-11-10-19-16-12-6-2-3-7-13(12)18(22)20(16)15-9-5-4-8-14(15)17(19)21/h2-9,16H,10-11H2,1H3/t16-/m1/s1. The number of benzene rings is 2. The Morgan fingerprint density at radius 1 is 0.957 bits per heavy atom. The van der Waals surface area contributed by atoms with Gasteiger partial charge in [0.1, 0.15) is 6.17 Å². The number of rotatable bonds is 3. The first-order valence-corrected chi connectivity index (χ1v) is 7.55. The molecule has 5 heteroatoms. The molecule has 2 aliphatic heterocycles. The molecule has 0 spiro atoms. The molecule has 0 saturated heterocycles. The number of carbonyl (C=O) groups excluding carboxylic acids is 2. The predicted octanol–water partition coefficient (Wildman–Crippen LogP) is 2.45. The minimum atomic E-state index is -0.392. The second-order valence-electron chi connectivity index (χ2n) is 5.64. The smallest absolute Gasteiger partial charge is 0.260 e. The van der Waals surface area contributed by atoms with Crippen molar-refractivity contribution in [2.45, 2.75) is 6.17 Å². The Morgan fingerprint density at radius 3 is 2.43 bits per heavy atom. The van der Waals surface area contributed by atoms with Gasteiger partial charge in [-0.05, 0) is 18.2 Å². The van der Waals surface area contributed by atoms with E-state index in [0.29, 0.717) is 30.0 Å². The van der Waals surface area contributed by atoms with Gasteiger partial charge in [0.2, 0.25) is 0 Å². The van der Waals surface area contributed by atoms with Crippen molar-refractivity contribution >= 4 is 17.5 Å². The fourth-order valence-electron chi connectivity index (χ4n) is 3.39. The summed E-state index contributed by atoms with van der Waals surface area (Å²) in [6, 6.07) is 14.7. The molecule has 4 rings (SSSR count). The Balaban J connectivity index is 1.91. The molecule has 1 atom stereocenters. The van der Waals surface area contributed by atoms with Crippen LogP contribution in [0.25, 0.3) is 0 Å². The molecule has 0 aromatic heterocycles. The quantitative estimate of drug-likeness (QED) is 0.875. The lowest BCUT2D eigenvalue weighted by Crippen LogP contribution is -2.49. The van der Waals surface area contributed by atoms with Crippen LogP contribution >= 0.6 is 0 Å². The number of hydrogen-bond donors (Lipinski definition) is 0. The van der Waals surface area contributed by atoms with E-state index >= 15 is 0 Å². The molecule has 5 nitrogen and oxygen atoms in total. The molecule has 0 bridgehead atoms. The van der Waals surface area contributed by atoms with Crippen LogP contribution in [0.5, 0.6) is 0 Å². The summed E-state index contributed by atoms with van der Waals surface area (Å²) in [6.07, 6.45) is -0.392. The number of ether oxygens (including phenoxy) is 1. The molecule has 23 heavy (non-hydrogen) atoms. The summed E-state index contributed by atoms with van der Waals surface area (Å²) in [6.45, 7) is 0.862. The van der Waals surface area contributed by atoms with Gasteiger partial charge in [-0.15, -0.1) is 0 Å². The second-order valence-corrected chi connectivity index (χ2v) is 5.64. The van der Waals surface area contributed by atoms with Gasteiger partial charge in [-0.1, -0.05) is 30.3 Å². The summed E-state index contributed by atoms with van der Waals surface area (Å²) in [5.41, 5.74) is 2.76. The molecule has 0 fully saturated rings. The van der Waals surface area contributed by atoms with Crippen LogP contribution in [0.2, 0.25) is 0 Å². The Kier molecular flexibility index (Phi) is 3.16. The monoisotopic (exact) mass is 308 g/mol. The average Bonchev–Trinajstić information content (AvgIpc) is 2.89. The summed E-state index contributed by atoms with van der Waals surface area (Å²) in [5.74, 6) is -0.128. The molecule has 2 amide bonds. The molecule has 116 valence electrons. The molecule has 0 unspecified atom stereocenters. The lowest BCUT2D eigenvalue weighted by atomic mass is 10.0. The third-order valence-electron chi connectivity index (χ3n) is 4.42. The lowest BCUT2D eigenvalue weighted by Gasteiger charge is -2.40. The number of nitrogens with zero attached hydrogens (tertiary/aromatic N) is 2. The van der Waals surface area contributed by atoms with E-state index in [0.717, 1.165) is 5.56 Å². The number of amides is 2. The van der Waals surface area contributed by atoms with Crippen molar-refractivity contribution in [3.05, 3.63) is 65.2 Å². The number of para-hydroxylation sites is 1. The molecular weight excluding hydrogens is 292 g/mol. The molecular formula is C18H16N2O3. The van der Waals surface area contributed by atoms with Crippen molar-refractivity contribution < 1.29 is 14.3 Å². The summed E-state index contributed by atoms with van der Waals surface area (Å²) in [7, 11) is 1.61. The maximum Gasteiger partial charge on any atom is 0.260 e.